The van der Waals surface area contributed by atoms with Crippen LogP contribution >= 0.6 is 11.6 Å². The summed E-state index contributed by atoms with van der Waals surface area (Å²) < 4.78 is 34.2. The molecule has 2 aromatic rings. The minimum atomic E-state index is -1.96. The fourth-order valence-electron chi connectivity index (χ4n) is 3.48. The Morgan fingerprint density at radius 2 is 2.09 bits per heavy atom. The quantitative estimate of drug-likeness (QED) is 0.375. The van der Waals surface area contributed by atoms with Crippen LogP contribution in [0.25, 0.3) is 11.3 Å². The van der Waals surface area contributed by atoms with Gasteiger partial charge in [0.2, 0.25) is 5.91 Å². The van der Waals surface area contributed by atoms with E-state index < -0.39 is 28.6 Å². The van der Waals surface area contributed by atoms with Gasteiger partial charge >= 0.3 is 0 Å². The summed E-state index contributed by atoms with van der Waals surface area (Å²) in [5.41, 5.74) is 13.8. The van der Waals surface area contributed by atoms with Crippen LogP contribution in [0.1, 0.15) is 18.2 Å². The van der Waals surface area contributed by atoms with E-state index in [0.717, 1.165) is 12.3 Å². The Kier molecular flexibility index (Phi) is 6.23. The summed E-state index contributed by atoms with van der Waals surface area (Å²) in [7, 11) is 1.47. The van der Waals surface area contributed by atoms with Gasteiger partial charge in [-0.25, -0.2) is 13.8 Å². The topological polar surface area (TPSA) is 150 Å². The van der Waals surface area contributed by atoms with Crippen molar-refractivity contribution < 1.29 is 23.4 Å². The van der Waals surface area contributed by atoms with Gasteiger partial charge in [-0.3, -0.25) is 9.79 Å². The first-order valence-corrected chi connectivity index (χ1v) is 9.81. The highest BCUT2D eigenvalue weighted by Gasteiger charge is 2.46. The first-order valence-electron chi connectivity index (χ1n) is 9.44. The summed E-state index contributed by atoms with van der Waals surface area (Å²) in [6, 6.07) is 3.04. The van der Waals surface area contributed by atoms with Crippen molar-refractivity contribution in [3.63, 3.8) is 0 Å². The normalized spacial score (nSPS) is 20.2. The number of ether oxygens (including phenoxy) is 1. The van der Waals surface area contributed by atoms with Crippen LogP contribution in [-0.2, 0) is 15.8 Å². The molecule has 0 radical (unpaired) electrons. The Morgan fingerprint density at radius 3 is 2.66 bits per heavy atom. The lowest BCUT2D eigenvalue weighted by atomic mass is 9.81. The zero-order chi connectivity index (χ0) is 23.8. The summed E-state index contributed by atoms with van der Waals surface area (Å²) >= 11 is 5.87. The summed E-state index contributed by atoms with van der Waals surface area (Å²) in [5, 5.41) is 11.0. The Labute approximate surface area is 187 Å². The zero-order valence-corrected chi connectivity index (χ0v) is 18.1. The molecule has 1 aliphatic heterocycles. The number of amides is 1. The number of aliphatic imine (C=N–C) groups is 1. The van der Waals surface area contributed by atoms with Gasteiger partial charge in [0.15, 0.2) is 0 Å². The number of aromatic nitrogens is 1. The Hall–Kier alpha value is -3.08. The number of hydrogen-bond acceptors (Lipinski definition) is 7. The number of pyridine rings is 1. The monoisotopic (exact) mass is 465 g/mol. The van der Waals surface area contributed by atoms with Gasteiger partial charge in [-0.1, -0.05) is 11.6 Å². The smallest absolute Gasteiger partial charge is 0.231 e. The van der Waals surface area contributed by atoms with E-state index in [1.807, 2.05) is 0 Å². The molecule has 8 nitrogen and oxygen atoms in total. The molecule has 170 valence electrons. The predicted molar refractivity (Wildman–Crippen MR) is 116 cm³/mol. The van der Waals surface area contributed by atoms with E-state index in [-0.39, 0.29) is 52.0 Å². The van der Waals surface area contributed by atoms with Crippen molar-refractivity contribution in [2.24, 2.45) is 22.2 Å². The molecule has 2 atom stereocenters. The molecule has 1 amide bonds. The third-order valence-corrected chi connectivity index (χ3v) is 5.82. The zero-order valence-electron chi connectivity index (χ0n) is 17.3. The third kappa shape index (κ3) is 3.60. The number of halogens is 3. The molecule has 0 fully saturated rings. The lowest BCUT2D eigenvalue weighted by molar-refractivity contribution is -0.123. The summed E-state index contributed by atoms with van der Waals surface area (Å²) in [6.45, 7) is 1.01. The van der Waals surface area contributed by atoms with Crippen LogP contribution in [-0.4, -0.2) is 42.4 Å². The van der Waals surface area contributed by atoms with Gasteiger partial charge in [0, 0.05) is 48.8 Å². The Bertz CT molecular complexity index is 1160. The average Bonchev–Trinajstić information content (AvgIpc) is 3.11. The maximum Gasteiger partial charge on any atom is 0.231 e. The highest BCUT2D eigenvalue weighted by atomic mass is 35.5. The van der Waals surface area contributed by atoms with Gasteiger partial charge in [0.25, 0.3) is 0 Å². The SMILES string of the molecule is CN=C/C(=C\N)[C@](O)(CN)c1cc2c(c(-c3cc(Cl)c(F)cc3F)n1)OC[C@]2(C)C(N)=O. The van der Waals surface area contributed by atoms with Crippen molar-refractivity contribution in [3.05, 3.63) is 57.9 Å². The molecule has 3 rings (SSSR count). The molecule has 7 N–H and O–H groups in total. The van der Waals surface area contributed by atoms with Gasteiger partial charge in [0.1, 0.15) is 40.7 Å². The summed E-state index contributed by atoms with van der Waals surface area (Å²) in [4.78, 5) is 20.5. The molecule has 32 heavy (non-hydrogen) atoms. The van der Waals surface area contributed by atoms with E-state index in [1.54, 1.807) is 0 Å². The first kappa shape index (κ1) is 23.6. The first-order chi connectivity index (χ1) is 15.0. The summed E-state index contributed by atoms with van der Waals surface area (Å²) in [5.74, 6) is -2.60. The van der Waals surface area contributed by atoms with Crippen LogP contribution < -0.4 is 21.9 Å². The lowest BCUT2D eigenvalue weighted by Crippen LogP contribution is -2.41. The molecule has 0 saturated heterocycles. The van der Waals surface area contributed by atoms with Crippen molar-refractivity contribution in [2.75, 3.05) is 20.2 Å². The number of aliphatic hydroxyl groups is 1. The number of fused-ring (bicyclic) bond motifs is 1. The number of nitrogens with zero attached hydrogens (tertiary/aromatic N) is 2. The van der Waals surface area contributed by atoms with Crippen LogP contribution in [0.15, 0.2) is 35.0 Å². The van der Waals surface area contributed by atoms with Crippen LogP contribution in [0.3, 0.4) is 0 Å². The van der Waals surface area contributed by atoms with Crippen molar-refractivity contribution in [3.8, 4) is 17.0 Å². The Morgan fingerprint density at radius 1 is 1.41 bits per heavy atom. The van der Waals surface area contributed by atoms with Crippen LogP contribution in [0.2, 0.25) is 5.02 Å². The van der Waals surface area contributed by atoms with E-state index >= 15 is 0 Å². The fourth-order valence-corrected chi connectivity index (χ4v) is 3.65. The van der Waals surface area contributed by atoms with Gasteiger partial charge in [0.05, 0.1) is 10.7 Å². The van der Waals surface area contributed by atoms with E-state index in [9.17, 15) is 18.7 Å². The molecule has 1 aliphatic rings. The maximum atomic E-state index is 14.8. The molecule has 0 spiro atoms. The van der Waals surface area contributed by atoms with Gasteiger partial charge in [-0.15, -0.1) is 0 Å². The highest BCUT2D eigenvalue weighted by Crippen LogP contribution is 2.46. The van der Waals surface area contributed by atoms with Crippen molar-refractivity contribution in [1.82, 2.24) is 4.98 Å². The Balaban J connectivity index is 2.41. The van der Waals surface area contributed by atoms with Crippen molar-refractivity contribution in [2.45, 2.75) is 17.9 Å². The number of benzene rings is 1. The number of carbonyl (C=O) groups excluding carboxylic acids is 1. The highest BCUT2D eigenvalue weighted by molar-refractivity contribution is 6.31. The van der Waals surface area contributed by atoms with Crippen molar-refractivity contribution in [1.29, 1.82) is 0 Å². The minimum absolute atomic E-state index is 0.0541. The number of primary amides is 1. The van der Waals surface area contributed by atoms with Gasteiger partial charge in [-0.2, -0.15) is 0 Å². The molecule has 0 bridgehead atoms. The molecule has 2 heterocycles. The minimum Gasteiger partial charge on any atom is -0.489 e. The second-order valence-corrected chi connectivity index (χ2v) is 7.94. The molecular formula is C21H22ClF2N5O3. The molecule has 1 aromatic heterocycles. The van der Waals surface area contributed by atoms with Crippen LogP contribution in [0.5, 0.6) is 5.75 Å². The number of nitrogens with two attached hydrogens (primary N) is 3. The van der Waals surface area contributed by atoms with Gasteiger partial charge in [-0.05, 0) is 19.1 Å². The van der Waals surface area contributed by atoms with Crippen LogP contribution in [0.4, 0.5) is 8.78 Å². The second kappa shape index (κ2) is 8.45. The molecule has 11 heteroatoms. The molecule has 0 aliphatic carbocycles. The molecule has 0 saturated carbocycles. The average molecular weight is 466 g/mol. The fraction of sp³-hybridized carbons (Fsp3) is 0.286. The molecule has 1 aromatic carbocycles. The van der Waals surface area contributed by atoms with E-state index in [2.05, 4.69) is 9.98 Å². The van der Waals surface area contributed by atoms with E-state index in [1.165, 1.54) is 26.3 Å². The molecule has 0 unspecified atom stereocenters. The number of carbonyl (C=O) groups is 1. The maximum absolute atomic E-state index is 14.8. The number of hydrogen-bond donors (Lipinski definition) is 4. The lowest BCUT2D eigenvalue weighted by Gasteiger charge is -2.29. The van der Waals surface area contributed by atoms with Crippen molar-refractivity contribution >= 4 is 23.7 Å². The third-order valence-electron chi connectivity index (χ3n) is 5.53. The second-order valence-electron chi connectivity index (χ2n) is 7.54. The van der Waals surface area contributed by atoms with Gasteiger partial charge < -0.3 is 27.0 Å². The van der Waals surface area contributed by atoms with E-state index in [4.69, 9.17) is 33.5 Å². The molecular weight excluding hydrogens is 444 g/mol. The number of rotatable bonds is 6. The standard InChI is InChI=1S/C21H22ClF2N5O3/c1-20(19(27)30)9-32-18-12(20)4-16(21(31,8-26)10(6-25)7-28-2)29-17(18)11-3-13(22)15(24)5-14(11)23/h3-7,31H,8-9,25-26H2,1-2H3,(H2,27,30)/b10-6+,28-7?/t20-,21+/m0/s1. The van der Waals surface area contributed by atoms with E-state index in [0.29, 0.717) is 6.07 Å². The summed E-state index contributed by atoms with van der Waals surface area (Å²) in [6.07, 6.45) is 2.40. The van der Waals surface area contributed by atoms with Crippen LogP contribution in [0, 0.1) is 11.6 Å². The predicted octanol–water partition coefficient (Wildman–Crippen LogP) is 1.51. The largest absolute Gasteiger partial charge is 0.489 e.